The Morgan fingerprint density at radius 2 is 1.56 bits per heavy atom. The summed E-state index contributed by atoms with van der Waals surface area (Å²) in [6, 6.07) is 17.9. The first kappa shape index (κ1) is 27.1. The zero-order chi connectivity index (χ0) is 14.8. The summed E-state index contributed by atoms with van der Waals surface area (Å²) in [7, 11) is 0.759. The van der Waals surface area contributed by atoms with E-state index in [-0.39, 0.29) is 58.9 Å². The Balaban J connectivity index is 0. The number of rotatable bonds is 4. The van der Waals surface area contributed by atoms with Crippen LogP contribution < -0.4 is 10.4 Å². The average molecular weight is 447 g/mol. The van der Waals surface area contributed by atoms with Crippen LogP contribution in [0.2, 0.25) is 0 Å². The van der Waals surface area contributed by atoms with Crippen LogP contribution in [0.3, 0.4) is 0 Å². The van der Waals surface area contributed by atoms with E-state index < -0.39 is 0 Å². The quantitative estimate of drug-likeness (QED) is 0.395. The monoisotopic (exact) mass is 445 g/mol. The van der Waals surface area contributed by atoms with Gasteiger partial charge in [-0.2, -0.15) is 6.07 Å². The standard InChI is InChI=1S/C20H21Si.3ClH.Ti/c1-4-15-10-8-12-19(17(15)5-2)21-20-14(3)13-16-9-6-7-11-18(16)20;;;;/h6-13H,4-5H2,1-3H3;3*1H;/q-1;;;;. The summed E-state index contributed by atoms with van der Waals surface area (Å²) in [5.74, 6) is 0. The number of halogens is 3. The molecule has 3 aromatic rings. The van der Waals surface area contributed by atoms with Crippen molar-refractivity contribution in [2.24, 2.45) is 0 Å². The molecule has 0 aliphatic rings. The second-order valence-electron chi connectivity index (χ2n) is 5.56. The second kappa shape index (κ2) is 12.3. The van der Waals surface area contributed by atoms with Crippen molar-refractivity contribution in [3.63, 3.8) is 0 Å². The second-order valence-corrected chi connectivity index (χ2v) is 6.85. The van der Waals surface area contributed by atoms with Crippen LogP contribution in [-0.2, 0) is 34.6 Å². The molecule has 25 heavy (non-hydrogen) atoms. The fourth-order valence-corrected chi connectivity index (χ4v) is 4.74. The predicted molar refractivity (Wildman–Crippen MR) is 116 cm³/mol. The number of fused-ring (bicyclic) bond motifs is 1. The Morgan fingerprint density at radius 3 is 2.20 bits per heavy atom. The maximum Gasteiger partial charge on any atom is 0.0588 e. The van der Waals surface area contributed by atoms with Gasteiger partial charge in [-0.15, -0.1) is 76.9 Å². The topological polar surface area (TPSA) is 0 Å². The zero-order valence-electron chi connectivity index (χ0n) is 14.8. The molecule has 0 nitrogen and oxygen atoms in total. The third kappa shape index (κ3) is 5.66. The molecule has 0 saturated carbocycles. The molecule has 0 aliphatic heterocycles. The van der Waals surface area contributed by atoms with E-state index in [9.17, 15) is 0 Å². The molecular formula is C20H24Cl3SiTi-. The Bertz CT molecular complexity index is 784. The van der Waals surface area contributed by atoms with Crippen molar-refractivity contribution < 1.29 is 21.7 Å². The molecule has 0 saturated heterocycles. The van der Waals surface area contributed by atoms with Gasteiger partial charge in [0.05, 0.1) is 9.52 Å². The molecule has 0 N–H and O–H groups in total. The van der Waals surface area contributed by atoms with Gasteiger partial charge >= 0.3 is 0 Å². The Labute approximate surface area is 187 Å². The first-order valence-corrected chi connectivity index (χ1v) is 8.77. The third-order valence-electron chi connectivity index (χ3n) is 4.26. The minimum atomic E-state index is 0. The van der Waals surface area contributed by atoms with E-state index in [2.05, 4.69) is 69.3 Å². The third-order valence-corrected chi connectivity index (χ3v) is 5.92. The summed E-state index contributed by atoms with van der Waals surface area (Å²) in [6.45, 7) is 6.78. The minimum absolute atomic E-state index is 0. The van der Waals surface area contributed by atoms with E-state index >= 15 is 0 Å². The van der Waals surface area contributed by atoms with Gasteiger partial charge in [-0.05, 0) is 24.0 Å². The van der Waals surface area contributed by atoms with Crippen molar-refractivity contribution >= 4 is 67.9 Å². The average Bonchev–Trinajstić information content (AvgIpc) is 2.83. The van der Waals surface area contributed by atoms with E-state index in [1.54, 1.807) is 5.56 Å². The molecule has 0 atom stereocenters. The zero-order valence-corrected chi connectivity index (χ0v) is 19.8. The van der Waals surface area contributed by atoms with Crippen LogP contribution in [0.4, 0.5) is 0 Å². The van der Waals surface area contributed by atoms with Crippen LogP contribution in [0.15, 0.2) is 48.5 Å². The number of benzene rings is 2. The van der Waals surface area contributed by atoms with Crippen molar-refractivity contribution in [1.29, 1.82) is 0 Å². The van der Waals surface area contributed by atoms with E-state index in [1.807, 2.05) is 0 Å². The van der Waals surface area contributed by atoms with Crippen LogP contribution >= 0.6 is 37.2 Å². The number of aryl methyl sites for hydroxylation is 2. The van der Waals surface area contributed by atoms with E-state index in [1.165, 1.54) is 32.3 Å². The summed E-state index contributed by atoms with van der Waals surface area (Å²) >= 11 is 0. The first-order chi connectivity index (χ1) is 10.2. The van der Waals surface area contributed by atoms with Gasteiger partial charge in [-0.3, -0.25) is 0 Å². The van der Waals surface area contributed by atoms with Crippen molar-refractivity contribution in [2.75, 3.05) is 0 Å². The molecule has 134 valence electrons. The van der Waals surface area contributed by atoms with Gasteiger partial charge in [0.25, 0.3) is 0 Å². The summed E-state index contributed by atoms with van der Waals surface area (Å²) in [4.78, 5) is 0. The molecule has 2 radical (unpaired) electrons. The fraction of sp³-hybridized carbons (Fsp3) is 0.250. The van der Waals surface area contributed by atoms with Gasteiger partial charge < -0.3 is 0 Å². The molecule has 0 bridgehead atoms. The largest absolute Gasteiger partial charge is 0.165 e. The molecule has 0 unspecified atom stereocenters. The van der Waals surface area contributed by atoms with Crippen molar-refractivity contribution in [3.8, 4) is 0 Å². The van der Waals surface area contributed by atoms with Crippen molar-refractivity contribution in [3.05, 3.63) is 65.2 Å². The minimum Gasteiger partial charge on any atom is -0.165 e. The van der Waals surface area contributed by atoms with Gasteiger partial charge in [0, 0.05) is 21.7 Å². The molecule has 3 aromatic carbocycles. The number of hydrogen-bond acceptors (Lipinski definition) is 0. The predicted octanol–water partition coefficient (Wildman–Crippen LogP) is 4.91. The Hall–Kier alpha value is -0.149. The SMILES string of the molecule is CCc1cccc([Si][c-]2c(C)cc3ccccc32)c1CC.Cl.Cl.Cl.[Ti]. The van der Waals surface area contributed by atoms with E-state index in [0.717, 1.165) is 22.4 Å². The summed E-state index contributed by atoms with van der Waals surface area (Å²) < 4.78 is 0. The van der Waals surface area contributed by atoms with Crippen molar-refractivity contribution in [2.45, 2.75) is 33.6 Å². The summed E-state index contributed by atoms with van der Waals surface area (Å²) in [5, 5.41) is 5.85. The summed E-state index contributed by atoms with van der Waals surface area (Å²) in [6.07, 6.45) is 2.26. The maximum atomic E-state index is 2.33. The van der Waals surface area contributed by atoms with E-state index in [0.29, 0.717) is 0 Å². The Kier molecular flexibility index (Phi) is 13.3. The van der Waals surface area contributed by atoms with Gasteiger partial charge in [0.2, 0.25) is 0 Å². The molecular weight excluding hydrogens is 423 g/mol. The fourth-order valence-electron chi connectivity index (χ4n) is 3.17. The molecule has 0 spiro atoms. The van der Waals surface area contributed by atoms with Crippen LogP contribution in [-0.4, -0.2) is 9.52 Å². The van der Waals surface area contributed by atoms with Gasteiger partial charge in [0.1, 0.15) is 0 Å². The van der Waals surface area contributed by atoms with Crippen LogP contribution in [0.25, 0.3) is 10.8 Å². The molecule has 5 heteroatoms. The molecule has 0 aliphatic carbocycles. The van der Waals surface area contributed by atoms with Crippen LogP contribution in [0.5, 0.6) is 0 Å². The normalized spacial score (nSPS) is 9.40. The molecule has 3 rings (SSSR count). The first-order valence-electron chi connectivity index (χ1n) is 7.77. The molecule has 0 aromatic heterocycles. The number of hydrogen-bond donors (Lipinski definition) is 0. The van der Waals surface area contributed by atoms with Gasteiger partial charge in [-0.25, -0.2) is 0 Å². The van der Waals surface area contributed by atoms with Crippen LogP contribution in [0.1, 0.15) is 30.5 Å². The smallest absolute Gasteiger partial charge is 0.0588 e. The molecule has 0 heterocycles. The molecule has 0 amide bonds. The van der Waals surface area contributed by atoms with Gasteiger partial charge in [-0.1, -0.05) is 50.2 Å². The molecule has 0 fully saturated rings. The van der Waals surface area contributed by atoms with Crippen molar-refractivity contribution in [1.82, 2.24) is 0 Å². The summed E-state index contributed by atoms with van der Waals surface area (Å²) in [5.41, 5.74) is 4.50. The van der Waals surface area contributed by atoms with Gasteiger partial charge in [0.15, 0.2) is 0 Å². The van der Waals surface area contributed by atoms with Crippen LogP contribution in [0, 0.1) is 6.92 Å². The maximum absolute atomic E-state index is 2.33. The van der Waals surface area contributed by atoms with E-state index in [4.69, 9.17) is 0 Å². The Morgan fingerprint density at radius 1 is 0.880 bits per heavy atom.